The molecular formula is C10H18N2O. The molecule has 0 radical (unpaired) electrons. The summed E-state index contributed by atoms with van der Waals surface area (Å²) in [5.74, 6) is 0. The average Bonchev–Trinajstić information content (AvgIpc) is 2.19. The predicted molar refractivity (Wildman–Crippen MR) is 51.1 cm³/mol. The molecule has 1 fully saturated rings. The second-order valence-electron chi connectivity index (χ2n) is 3.63. The summed E-state index contributed by atoms with van der Waals surface area (Å²) in [6, 6.07) is 2.51. The van der Waals surface area contributed by atoms with Gasteiger partial charge in [0.15, 0.2) is 0 Å². The molecule has 0 amide bonds. The van der Waals surface area contributed by atoms with Crippen molar-refractivity contribution >= 4 is 0 Å². The van der Waals surface area contributed by atoms with Gasteiger partial charge in [-0.25, -0.2) is 0 Å². The molecule has 0 saturated carbocycles. The van der Waals surface area contributed by atoms with E-state index in [-0.39, 0.29) is 6.61 Å². The fourth-order valence-electron chi connectivity index (χ4n) is 1.92. The van der Waals surface area contributed by atoms with Crippen LogP contribution in [-0.2, 0) is 0 Å². The van der Waals surface area contributed by atoms with Gasteiger partial charge < -0.3 is 5.11 Å². The molecule has 0 aromatic heterocycles. The highest BCUT2D eigenvalue weighted by molar-refractivity contribution is 4.77. The summed E-state index contributed by atoms with van der Waals surface area (Å²) in [7, 11) is 0. The lowest BCUT2D eigenvalue weighted by atomic mass is 10.0. The number of unbranched alkanes of at least 4 members (excludes halogenated alkanes) is 1. The number of aliphatic hydroxyl groups is 1. The largest absolute Gasteiger partial charge is 0.395 e. The molecule has 0 unspecified atom stereocenters. The third-order valence-electron chi connectivity index (χ3n) is 2.69. The van der Waals surface area contributed by atoms with Crippen LogP contribution >= 0.6 is 0 Å². The molecule has 1 N–H and O–H groups in total. The third kappa shape index (κ3) is 3.33. The summed E-state index contributed by atoms with van der Waals surface area (Å²) in [4.78, 5) is 2.32. The number of piperidine rings is 1. The Morgan fingerprint density at radius 3 is 3.00 bits per heavy atom. The van der Waals surface area contributed by atoms with E-state index in [1.807, 2.05) is 0 Å². The molecular weight excluding hydrogens is 164 g/mol. The molecule has 0 spiro atoms. The lowest BCUT2D eigenvalue weighted by Crippen LogP contribution is -2.42. The van der Waals surface area contributed by atoms with E-state index < -0.39 is 0 Å². The van der Waals surface area contributed by atoms with Crippen molar-refractivity contribution in [1.82, 2.24) is 4.90 Å². The Bertz CT molecular complexity index is 176. The van der Waals surface area contributed by atoms with Crippen LogP contribution in [0.3, 0.4) is 0 Å². The van der Waals surface area contributed by atoms with Crippen LogP contribution < -0.4 is 0 Å². The first-order valence-corrected chi connectivity index (χ1v) is 5.10. The summed E-state index contributed by atoms with van der Waals surface area (Å²) in [5.41, 5.74) is 0. The summed E-state index contributed by atoms with van der Waals surface area (Å²) < 4.78 is 0. The Labute approximate surface area is 80.0 Å². The fraction of sp³-hybridized carbons (Fsp3) is 0.900. The lowest BCUT2D eigenvalue weighted by molar-refractivity contribution is 0.0896. The van der Waals surface area contributed by atoms with E-state index in [9.17, 15) is 0 Å². The van der Waals surface area contributed by atoms with Crippen molar-refractivity contribution in [2.75, 3.05) is 19.7 Å². The van der Waals surface area contributed by atoms with Gasteiger partial charge in [-0.3, -0.25) is 4.90 Å². The van der Waals surface area contributed by atoms with Crippen LogP contribution in [0.15, 0.2) is 0 Å². The van der Waals surface area contributed by atoms with Crippen LogP contribution in [0.5, 0.6) is 0 Å². The van der Waals surface area contributed by atoms with Gasteiger partial charge in [0.1, 0.15) is 0 Å². The van der Waals surface area contributed by atoms with Gasteiger partial charge in [-0.15, -0.1) is 0 Å². The Kier molecular flexibility index (Phi) is 4.81. The first-order valence-electron chi connectivity index (χ1n) is 5.10. The van der Waals surface area contributed by atoms with Crippen molar-refractivity contribution in [2.45, 2.75) is 38.1 Å². The molecule has 1 aliphatic rings. The van der Waals surface area contributed by atoms with Crippen molar-refractivity contribution in [3.63, 3.8) is 0 Å². The number of hydrogen-bond donors (Lipinski definition) is 1. The number of hydrogen-bond acceptors (Lipinski definition) is 3. The zero-order valence-corrected chi connectivity index (χ0v) is 8.08. The van der Waals surface area contributed by atoms with Gasteiger partial charge in [-0.05, 0) is 32.4 Å². The second-order valence-corrected chi connectivity index (χ2v) is 3.63. The minimum absolute atomic E-state index is 0.270. The summed E-state index contributed by atoms with van der Waals surface area (Å²) in [5, 5.41) is 17.5. The molecule has 1 aliphatic heterocycles. The topological polar surface area (TPSA) is 47.3 Å². The molecule has 1 heterocycles. The molecule has 1 atom stereocenters. The fourth-order valence-corrected chi connectivity index (χ4v) is 1.92. The highest BCUT2D eigenvalue weighted by Gasteiger charge is 2.20. The van der Waals surface area contributed by atoms with Gasteiger partial charge in [0.05, 0.1) is 12.7 Å². The van der Waals surface area contributed by atoms with Crippen LogP contribution in [0.2, 0.25) is 0 Å². The zero-order valence-electron chi connectivity index (χ0n) is 8.08. The lowest BCUT2D eigenvalue weighted by Gasteiger charge is -2.34. The third-order valence-corrected chi connectivity index (χ3v) is 2.69. The maximum Gasteiger partial charge on any atom is 0.0622 e. The highest BCUT2D eigenvalue weighted by Crippen LogP contribution is 2.16. The highest BCUT2D eigenvalue weighted by atomic mass is 16.3. The van der Waals surface area contributed by atoms with Gasteiger partial charge in [0, 0.05) is 12.5 Å². The van der Waals surface area contributed by atoms with Crippen LogP contribution in [0.4, 0.5) is 0 Å². The molecule has 0 aromatic rings. The molecule has 0 aliphatic carbocycles. The summed E-state index contributed by atoms with van der Waals surface area (Å²) in [6.45, 7) is 2.34. The maximum atomic E-state index is 9.11. The molecule has 74 valence electrons. The first kappa shape index (κ1) is 10.5. The number of likely N-dealkylation sites (tertiary alicyclic amines) is 1. The number of rotatable bonds is 4. The van der Waals surface area contributed by atoms with Crippen LogP contribution in [0.1, 0.15) is 32.1 Å². The Morgan fingerprint density at radius 1 is 1.46 bits per heavy atom. The van der Waals surface area contributed by atoms with E-state index in [0.29, 0.717) is 12.5 Å². The molecule has 13 heavy (non-hydrogen) atoms. The Hall–Kier alpha value is -0.590. The van der Waals surface area contributed by atoms with Crippen LogP contribution in [-0.4, -0.2) is 35.7 Å². The molecule has 1 saturated heterocycles. The van der Waals surface area contributed by atoms with E-state index in [2.05, 4.69) is 11.0 Å². The number of nitrogens with zero attached hydrogens (tertiary/aromatic N) is 2. The molecule has 3 heteroatoms. The smallest absolute Gasteiger partial charge is 0.0622 e. The monoisotopic (exact) mass is 182 g/mol. The second kappa shape index (κ2) is 5.95. The molecule has 0 bridgehead atoms. The minimum atomic E-state index is 0.270. The van der Waals surface area contributed by atoms with E-state index in [1.165, 1.54) is 12.8 Å². The molecule has 3 nitrogen and oxygen atoms in total. The average molecular weight is 182 g/mol. The van der Waals surface area contributed by atoms with E-state index in [0.717, 1.165) is 25.9 Å². The number of nitriles is 1. The van der Waals surface area contributed by atoms with Crippen LogP contribution in [0.25, 0.3) is 0 Å². The summed E-state index contributed by atoms with van der Waals surface area (Å²) in [6.07, 6.45) is 5.16. The quantitative estimate of drug-likeness (QED) is 0.663. The van der Waals surface area contributed by atoms with Crippen molar-refractivity contribution < 1.29 is 5.11 Å². The predicted octanol–water partition coefficient (Wildman–Crippen LogP) is 1.14. The molecule has 1 rings (SSSR count). The van der Waals surface area contributed by atoms with Crippen LogP contribution in [0, 0.1) is 11.3 Å². The van der Waals surface area contributed by atoms with Gasteiger partial charge in [0.25, 0.3) is 0 Å². The minimum Gasteiger partial charge on any atom is -0.395 e. The zero-order chi connectivity index (χ0) is 9.52. The van der Waals surface area contributed by atoms with E-state index in [4.69, 9.17) is 10.4 Å². The van der Waals surface area contributed by atoms with E-state index in [1.54, 1.807) is 0 Å². The van der Waals surface area contributed by atoms with E-state index >= 15 is 0 Å². The first-order chi connectivity index (χ1) is 6.38. The standard InChI is InChI=1S/C10H18N2O/c11-6-2-4-8-12-7-3-1-5-10(12)9-13/h10,13H,1-5,7-9H2/t10-/m1/s1. The summed E-state index contributed by atoms with van der Waals surface area (Å²) >= 11 is 0. The van der Waals surface area contributed by atoms with Gasteiger partial charge in [-0.1, -0.05) is 6.42 Å². The van der Waals surface area contributed by atoms with Gasteiger partial charge in [0.2, 0.25) is 0 Å². The van der Waals surface area contributed by atoms with Crippen molar-refractivity contribution in [1.29, 1.82) is 5.26 Å². The van der Waals surface area contributed by atoms with Gasteiger partial charge >= 0.3 is 0 Å². The SMILES string of the molecule is N#CCCCN1CCCC[C@@H]1CO. The molecule has 0 aromatic carbocycles. The number of aliphatic hydroxyl groups excluding tert-OH is 1. The Morgan fingerprint density at radius 2 is 2.31 bits per heavy atom. The van der Waals surface area contributed by atoms with Crippen molar-refractivity contribution in [3.05, 3.63) is 0 Å². The van der Waals surface area contributed by atoms with Crippen molar-refractivity contribution in [2.24, 2.45) is 0 Å². The van der Waals surface area contributed by atoms with Gasteiger partial charge in [-0.2, -0.15) is 5.26 Å². The normalized spacial score (nSPS) is 24.2. The Balaban J connectivity index is 2.24. The van der Waals surface area contributed by atoms with Crippen molar-refractivity contribution in [3.8, 4) is 6.07 Å². The maximum absolute atomic E-state index is 9.11.